The molecule has 0 aromatic heterocycles. The predicted molar refractivity (Wildman–Crippen MR) is 81.5 cm³/mol. The van der Waals surface area contributed by atoms with Gasteiger partial charge in [0.15, 0.2) is 0 Å². The van der Waals surface area contributed by atoms with Gasteiger partial charge < -0.3 is 5.32 Å². The topological polar surface area (TPSA) is 49.4 Å². The number of rotatable bonds is 4. The van der Waals surface area contributed by atoms with Crippen molar-refractivity contribution in [1.82, 2.24) is 5.32 Å². The Labute approximate surface area is 125 Å². The van der Waals surface area contributed by atoms with Gasteiger partial charge in [-0.1, -0.05) is 12.5 Å². The second-order valence-corrected chi connectivity index (χ2v) is 7.86. The van der Waals surface area contributed by atoms with Gasteiger partial charge in [0.05, 0.1) is 11.4 Å². The summed E-state index contributed by atoms with van der Waals surface area (Å²) in [5.41, 5.74) is 1.43. The SMILES string of the molecule is O=S(=O)(CCC1CCCCN1)N1CCc2ccc(F)cc21. The number of hydrogen-bond acceptors (Lipinski definition) is 3. The third-order valence-electron chi connectivity index (χ3n) is 4.37. The molecule has 116 valence electrons. The minimum Gasteiger partial charge on any atom is -0.314 e. The summed E-state index contributed by atoms with van der Waals surface area (Å²) in [4.78, 5) is 0. The molecule has 1 aromatic rings. The van der Waals surface area contributed by atoms with Crippen LogP contribution in [-0.2, 0) is 16.4 Å². The van der Waals surface area contributed by atoms with Gasteiger partial charge >= 0.3 is 0 Å². The van der Waals surface area contributed by atoms with Crippen LogP contribution < -0.4 is 9.62 Å². The predicted octanol–water partition coefficient (Wildman–Crippen LogP) is 2.05. The minimum absolute atomic E-state index is 0.126. The summed E-state index contributed by atoms with van der Waals surface area (Å²) in [7, 11) is -3.36. The first-order valence-corrected chi connectivity index (χ1v) is 9.19. The van der Waals surface area contributed by atoms with E-state index < -0.39 is 10.0 Å². The van der Waals surface area contributed by atoms with Gasteiger partial charge in [-0.25, -0.2) is 12.8 Å². The molecule has 1 N–H and O–H groups in total. The highest BCUT2D eigenvalue weighted by molar-refractivity contribution is 7.92. The van der Waals surface area contributed by atoms with Crippen LogP contribution in [0.2, 0.25) is 0 Å². The van der Waals surface area contributed by atoms with E-state index in [4.69, 9.17) is 0 Å². The van der Waals surface area contributed by atoms with Crippen molar-refractivity contribution in [3.05, 3.63) is 29.6 Å². The first-order valence-electron chi connectivity index (χ1n) is 7.58. The van der Waals surface area contributed by atoms with E-state index in [-0.39, 0.29) is 11.6 Å². The number of hydrogen-bond donors (Lipinski definition) is 1. The molecule has 3 rings (SSSR count). The molecule has 1 unspecified atom stereocenters. The van der Waals surface area contributed by atoms with Crippen molar-refractivity contribution in [2.75, 3.05) is 23.1 Å². The van der Waals surface area contributed by atoms with E-state index in [0.717, 1.165) is 24.9 Å². The molecule has 4 nitrogen and oxygen atoms in total. The Balaban J connectivity index is 1.70. The van der Waals surface area contributed by atoms with Gasteiger partial charge in [0, 0.05) is 12.6 Å². The van der Waals surface area contributed by atoms with Gasteiger partial charge in [0.25, 0.3) is 0 Å². The maximum atomic E-state index is 13.4. The summed E-state index contributed by atoms with van der Waals surface area (Å²) in [5.74, 6) is -0.259. The normalized spacial score (nSPS) is 22.3. The van der Waals surface area contributed by atoms with E-state index in [0.29, 0.717) is 31.1 Å². The number of piperidine rings is 1. The maximum absolute atomic E-state index is 13.4. The second kappa shape index (κ2) is 5.93. The minimum atomic E-state index is -3.36. The van der Waals surface area contributed by atoms with Crippen LogP contribution in [0.15, 0.2) is 18.2 Å². The zero-order chi connectivity index (χ0) is 14.9. The Kier molecular flexibility index (Phi) is 4.17. The average Bonchev–Trinajstić information content (AvgIpc) is 2.90. The van der Waals surface area contributed by atoms with Crippen molar-refractivity contribution in [3.63, 3.8) is 0 Å². The fourth-order valence-electron chi connectivity index (χ4n) is 3.18. The van der Waals surface area contributed by atoms with Crippen LogP contribution >= 0.6 is 0 Å². The molecule has 1 fully saturated rings. The van der Waals surface area contributed by atoms with E-state index in [1.807, 2.05) is 0 Å². The fourth-order valence-corrected chi connectivity index (χ4v) is 4.83. The lowest BCUT2D eigenvalue weighted by Crippen LogP contribution is -2.38. The number of halogens is 1. The Bertz CT molecular complexity index is 612. The standard InChI is InChI=1S/C15H21FN2O2S/c16-13-5-4-12-6-9-18(15(12)11-13)21(19,20)10-7-14-3-1-2-8-17-14/h4-5,11,14,17H,1-3,6-10H2. The lowest BCUT2D eigenvalue weighted by molar-refractivity contribution is 0.392. The Morgan fingerprint density at radius 3 is 2.95 bits per heavy atom. The first-order chi connectivity index (χ1) is 10.1. The van der Waals surface area contributed by atoms with Crippen molar-refractivity contribution < 1.29 is 12.8 Å². The third-order valence-corrected chi connectivity index (χ3v) is 6.18. The first kappa shape index (κ1) is 14.8. The molecule has 0 radical (unpaired) electrons. The number of anilines is 1. The summed E-state index contributed by atoms with van der Waals surface area (Å²) >= 11 is 0. The molecule has 6 heteroatoms. The van der Waals surface area contributed by atoms with Crippen molar-refractivity contribution in [2.24, 2.45) is 0 Å². The molecular formula is C15H21FN2O2S. The van der Waals surface area contributed by atoms with E-state index in [1.54, 1.807) is 6.07 Å². The Morgan fingerprint density at radius 2 is 2.19 bits per heavy atom. The van der Waals surface area contributed by atoms with E-state index in [1.165, 1.54) is 22.9 Å². The molecule has 0 spiro atoms. The summed E-state index contributed by atoms with van der Waals surface area (Å²) in [6.07, 6.45) is 4.66. The summed E-state index contributed by atoms with van der Waals surface area (Å²) < 4.78 is 39.8. The smallest absolute Gasteiger partial charge is 0.235 e. The van der Waals surface area contributed by atoms with Gasteiger partial charge in [-0.15, -0.1) is 0 Å². The number of nitrogens with zero attached hydrogens (tertiary/aromatic N) is 1. The zero-order valence-corrected chi connectivity index (χ0v) is 12.8. The van der Waals surface area contributed by atoms with Crippen LogP contribution in [0.4, 0.5) is 10.1 Å². The quantitative estimate of drug-likeness (QED) is 0.926. The van der Waals surface area contributed by atoms with Crippen molar-refractivity contribution in [3.8, 4) is 0 Å². The molecule has 21 heavy (non-hydrogen) atoms. The molecule has 0 bridgehead atoms. The number of benzene rings is 1. The van der Waals surface area contributed by atoms with Crippen molar-refractivity contribution in [2.45, 2.75) is 38.1 Å². The van der Waals surface area contributed by atoms with Crippen LogP contribution in [0.25, 0.3) is 0 Å². The molecule has 2 heterocycles. The number of sulfonamides is 1. The van der Waals surface area contributed by atoms with Crippen molar-refractivity contribution in [1.29, 1.82) is 0 Å². The molecule has 1 aromatic carbocycles. The van der Waals surface area contributed by atoms with Crippen LogP contribution in [-0.4, -0.2) is 33.3 Å². The molecular weight excluding hydrogens is 291 g/mol. The molecule has 1 saturated heterocycles. The highest BCUT2D eigenvalue weighted by atomic mass is 32.2. The van der Waals surface area contributed by atoms with Gasteiger partial charge in [0.2, 0.25) is 10.0 Å². The second-order valence-electron chi connectivity index (χ2n) is 5.85. The lowest BCUT2D eigenvalue weighted by Gasteiger charge is -2.25. The third kappa shape index (κ3) is 3.21. The van der Waals surface area contributed by atoms with Crippen molar-refractivity contribution >= 4 is 15.7 Å². The van der Waals surface area contributed by atoms with Gasteiger partial charge in [-0.3, -0.25) is 4.31 Å². The Hall–Kier alpha value is -1.14. The number of fused-ring (bicyclic) bond motifs is 1. The molecule has 2 aliphatic heterocycles. The summed E-state index contributed by atoms with van der Waals surface area (Å²) in [5, 5.41) is 3.37. The summed E-state index contributed by atoms with van der Waals surface area (Å²) in [6, 6.07) is 4.70. The average molecular weight is 312 g/mol. The lowest BCUT2D eigenvalue weighted by atomic mass is 10.0. The zero-order valence-electron chi connectivity index (χ0n) is 12.0. The Morgan fingerprint density at radius 1 is 1.33 bits per heavy atom. The number of nitrogens with one attached hydrogen (secondary N) is 1. The van der Waals surface area contributed by atoms with Gasteiger partial charge in [0.1, 0.15) is 5.82 Å². The molecule has 0 saturated carbocycles. The maximum Gasteiger partial charge on any atom is 0.235 e. The van der Waals surface area contributed by atoms with E-state index in [9.17, 15) is 12.8 Å². The van der Waals surface area contributed by atoms with E-state index in [2.05, 4.69) is 5.32 Å². The summed E-state index contributed by atoms with van der Waals surface area (Å²) in [6.45, 7) is 1.40. The fraction of sp³-hybridized carbons (Fsp3) is 0.600. The molecule has 1 atom stereocenters. The van der Waals surface area contributed by atoms with E-state index >= 15 is 0 Å². The highest BCUT2D eigenvalue weighted by Gasteiger charge is 2.30. The largest absolute Gasteiger partial charge is 0.314 e. The monoisotopic (exact) mass is 312 g/mol. The van der Waals surface area contributed by atoms with Crippen LogP contribution in [0.3, 0.4) is 0 Å². The van der Waals surface area contributed by atoms with Crippen LogP contribution in [0.1, 0.15) is 31.2 Å². The van der Waals surface area contributed by atoms with Gasteiger partial charge in [-0.05, 0) is 49.9 Å². The molecule has 0 amide bonds. The highest BCUT2D eigenvalue weighted by Crippen LogP contribution is 2.31. The van der Waals surface area contributed by atoms with Crippen LogP contribution in [0.5, 0.6) is 0 Å². The molecule has 2 aliphatic rings. The van der Waals surface area contributed by atoms with Crippen LogP contribution in [0, 0.1) is 5.82 Å². The molecule has 0 aliphatic carbocycles. The van der Waals surface area contributed by atoms with Gasteiger partial charge in [-0.2, -0.15) is 0 Å².